The lowest BCUT2D eigenvalue weighted by Crippen LogP contribution is -2.69. The van der Waals surface area contributed by atoms with Crippen molar-refractivity contribution in [2.45, 2.75) is 76.0 Å². The summed E-state index contributed by atoms with van der Waals surface area (Å²) >= 11 is 0. The summed E-state index contributed by atoms with van der Waals surface area (Å²) in [5.74, 6) is 0.473. The van der Waals surface area contributed by atoms with Crippen LogP contribution in [0.4, 0.5) is 0 Å². The number of fused-ring (bicyclic) bond motifs is 2. The molecule has 1 fully saturated rings. The summed E-state index contributed by atoms with van der Waals surface area (Å²) in [5.41, 5.74) is 3.97. The van der Waals surface area contributed by atoms with Crippen LogP contribution in [0.15, 0.2) is 96.2 Å². The Hall–Kier alpha value is -4.97. The highest BCUT2D eigenvalue weighted by Gasteiger charge is 2.65. The molecule has 3 aromatic carbocycles. The molecule has 2 aliphatic carbocycles. The number of methoxy groups -OCH3 is 1. The standard InChI is InChI=1S/C46H56N2O9/c1-5-23-54-46-42(48(3)43(52)26-31-13-11-16-34(24-31)53-4)29-40(47-55-6-2)38-27-33(15-7-9-21-49)37(18-8-10-22-50)44(45(38)46)39-28-36(19-20-41(39)57-46)56-35-17-12-14-32(25-35)30-51/h5,11-14,16-17,19-20,24-25,27-28,30,33,37,42,44-45,49-50H,1,6-10,15,18,21-23,26,29H2,2-4H3/t33-,37+,42-,44+,45+,46+/m0/s1. The number of oxime groups is 1. The summed E-state index contributed by atoms with van der Waals surface area (Å²) in [5, 5.41) is 24.4. The Balaban J connectivity index is 1.53. The first-order chi connectivity index (χ1) is 27.8. The summed E-state index contributed by atoms with van der Waals surface area (Å²) < 4.78 is 26.0. The van der Waals surface area contributed by atoms with Gasteiger partial charge in [-0.3, -0.25) is 9.59 Å². The number of hydrogen-bond acceptors (Lipinski definition) is 10. The van der Waals surface area contributed by atoms with Gasteiger partial charge < -0.3 is 38.9 Å². The van der Waals surface area contributed by atoms with E-state index in [-0.39, 0.29) is 49.9 Å². The quantitative estimate of drug-likeness (QED) is 0.0513. The molecule has 2 N–H and O–H groups in total. The van der Waals surface area contributed by atoms with Gasteiger partial charge in [-0.2, -0.15) is 0 Å². The zero-order valence-corrected chi connectivity index (χ0v) is 33.3. The van der Waals surface area contributed by atoms with Crippen LogP contribution in [0.3, 0.4) is 0 Å². The zero-order chi connectivity index (χ0) is 40.4. The molecule has 0 bridgehead atoms. The molecule has 6 rings (SSSR count). The Morgan fingerprint density at radius 2 is 1.75 bits per heavy atom. The highest BCUT2D eigenvalue weighted by atomic mass is 16.7. The van der Waals surface area contributed by atoms with E-state index in [4.69, 9.17) is 28.9 Å². The predicted octanol–water partition coefficient (Wildman–Crippen LogP) is 7.65. The SMILES string of the molecule is C=CCO[C@@]12Oc3ccc(Oc4cccc(C=O)c4)cc3[C@H]3[C@H](CCCCO)[C@@H](CCCCO)C=C(C(=NOCC)C[C@@H]1N(C)C(=O)Cc1cccc(OC)c1)[C@H]32. The smallest absolute Gasteiger partial charge is 0.239 e. The van der Waals surface area contributed by atoms with Crippen LogP contribution >= 0.6 is 0 Å². The van der Waals surface area contributed by atoms with E-state index in [2.05, 4.69) is 12.7 Å². The van der Waals surface area contributed by atoms with Crippen LogP contribution in [0.25, 0.3) is 0 Å². The van der Waals surface area contributed by atoms with Gasteiger partial charge in [0.25, 0.3) is 0 Å². The minimum atomic E-state index is -1.35. The molecule has 1 aliphatic heterocycles. The second-order valence-electron chi connectivity index (χ2n) is 15.0. The lowest BCUT2D eigenvalue weighted by Gasteiger charge is -2.59. The fourth-order valence-electron chi connectivity index (χ4n) is 8.98. The van der Waals surface area contributed by atoms with E-state index in [1.54, 1.807) is 43.3 Å². The van der Waals surface area contributed by atoms with Gasteiger partial charge >= 0.3 is 0 Å². The molecule has 0 radical (unpaired) electrons. The monoisotopic (exact) mass is 780 g/mol. The average Bonchev–Trinajstić information content (AvgIpc) is 3.23. The van der Waals surface area contributed by atoms with Crippen molar-refractivity contribution < 1.29 is 43.6 Å². The van der Waals surface area contributed by atoms with Gasteiger partial charge in [-0.15, -0.1) is 6.58 Å². The number of carbonyl (C=O) groups is 2. The summed E-state index contributed by atoms with van der Waals surface area (Å²) in [6.45, 7) is 6.63. The molecule has 3 aliphatic rings. The molecule has 1 heterocycles. The maximum atomic E-state index is 14.4. The summed E-state index contributed by atoms with van der Waals surface area (Å²) in [4.78, 5) is 33.5. The molecule has 1 amide bonds. The predicted molar refractivity (Wildman–Crippen MR) is 218 cm³/mol. The molecule has 0 aromatic heterocycles. The second-order valence-corrected chi connectivity index (χ2v) is 15.0. The number of hydrogen-bond donors (Lipinski definition) is 2. The van der Waals surface area contributed by atoms with E-state index in [0.29, 0.717) is 54.4 Å². The fraction of sp³-hybridized carbons (Fsp3) is 0.457. The first-order valence-corrected chi connectivity index (χ1v) is 20.1. The highest BCUT2D eigenvalue weighted by molar-refractivity contribution is 6.03. The number of benzene rings is 3. The van der Waals surface area contributed by atoms with Gasteiger partial charge in [-0.25, -0.2) is 0 Å². The Morgan fingerprint density at radius 3 is 2.49 bits per heavy atom. The van der Waals surface area contributed by atoms with Crippen LogP contribution in [0, 0.1) is 17.8 Å². The van der Waals surface area contributed by atoms with Crippen molar-refractivity contribution in [1.82, 2.24) is 4.90 Å². The van der Waals surface area contributed by atoms with Gasteiger partial charge in [0, 0.05) is 43.7 Å². The molecule has 0 saturated heterocycles. The zero-order valence-electron chi connectivity index (χ0n) is 33.3. The first kappa shape index (κ1) is 41.7. The minimum Gasteiger partial charge on any atom is -0.497 e. The fourth-order valence-corrected chi connectivity index (χ4v) is 8.98. The molecule has 3 aromatic rings. The molecule has 11 nitrogen and oxygen atoms in total. The first-order valence-electron chi connectivity index (χ1n) is 20.1. The Morgan fingerprint density at radius 1 is 1.00 bits per heavy atom. The third kappa shape index (κ3) is 9.11. The van der Waals surface area contributed by atoms with Gasteiger partial charge in [0.15, 0.2) is 0 Å². The van der Waals surface area contributed by atoms with Crippen LogP contribution in [0.1, 0.15) is 79.3 Å². The lowest BCUT2D eigenvalue weighted by molar-refractivity contribution is -0.255. The van der Waals surface area contributed by atoms with Crippen molar-refractivity contribution in [3.63, 3.8) is 0 Å². The van der Waals surface area contributed by atoms with E-state index in [9.17, 15) is 19.8 Å². The molecule has 6 atom stereocenters. The Bertz CT molecular complexity index is 1930. The molecule has 0 unspecified atom stereocenters. The molecule has 11 heteroatoms. The van der Waals surface area contributed by atoms with E-state index in [0.717, 1.165) is 54.4 Å². The van der Waals surface area contributed by atoms with Gasteiger partial charge in [0.1, 0.15) is 41.9 Å². The van der Waals surface area contributed by atoms with E-state index in [1.165, 1.54) is 0 Å². The third-order valence-electron chi connectivity index (χ3n) is 11.5. The second kappa shape index (κ2) is 19.5. The van der Waals surface area contributed by atoms with Crippen molar-refractivity contribution in [3.05, 3.63) is 108 Å². The van der Waals surface area contributed by atoms with Crippen molar-refractivity contribution >= 4 is 17.9 Å². The number of ether oxygens (including phenoxy) is 4. The number of unbranched alkanes of at least 4 members (excludes halogenated alkanes) is 2. The molecule has 1 saturated carbocycles. The number of allylic oxidation sites excluding steroid dienone is 1. The van der Waals surface area contributed by atoms with E-state index < -0.39 is 17.7 Å². The molecule has 0 spiro atoms. The number of amides is 1. The molecular formula is C46H56N2O9. The van der Waals surface area contributed by atoms with Crippen molar-refractivity contribution in [2.75, 3.05) is 40.6 Å². The number of likely N-dealkylation sites (N-methyl/N-ethyl adjacent to an activating group) is 1. The van der Waals surface area contributed by atoms with Gasteiger partial charge in [-0.1, -0.05) is 54.4 Å². The number of carbonyl (C=O) groups excluding carboxylic acids is 2. The topological polar surface area (TPSA) is 136 Å². The van der Waals surface area contributed by atoms with Crippen molar-refractivity contribution in [1.29, 1.82) is 0 Å². The van der Waals surface area contributed by atoms with Crippen LogP contribution < -0.4 is 14.2 Å². The van der Waals surface area contributed by atoms with Crippen LogP contribution in [0.5, 0.6) is 23.0 Å². The van der Waals surface area contributed by atoms with Gasteiger partial charge in [0.2, 0.25) is 11.7 Å². The summed E-state index contributed by atoms with van der Waals surface area (Å²) in [6, 6.07) is 19.7. The maximum absolute atomic E-state index is 14.4. The normalized spacial score (nSPS) is 24.0. The summed E-state index contributed by atoms with van der Waals surface area (Å²) in [7, 11) is 3.41. The van der Waals surface area contributed by atoms with Crippen LogP contribution in [-0.4, -0.2) is 85.4 Å². The summed E-state index contributed by atoms with van der Waals surface area (Å²) in [6.07, 6.45) is 9.89. The highest BCUT2D eigenvalue weighted by Crippen LogP contribution is 2.62. The molecular weight excluding hydrogens is 725 g/mol. The van der Waals surface area contributed by atoms with Crippen LogP contribution in [0.2, 0.25) is 0 Å². The van der Waals surface area contributed by atoms with Crippen molar-refractivity contribution in [3.8, 4) is 23.0 Å². The average molecular weight is 781 g/mol. The van der Waals surface area contributed by atoms with E-state index >= 15 is 0 Å². The van der Waals surface area contributed by atoms with Crippen molar-refractivity contribution in [2.24, 2.45) is 22.9 Å². The Labute approximate surface area is 335 Å². The molecule has 57 heavy (non-hydrogen) atoms. The number of nitrogens with zero attached hydrogens (tertiary/aromatic N) is 2. The number of aliphatic hydroxyl groups excluding tert-OH is 2. The number of rotatable bonds is 20. The number of aliphatic hydroxyl groups is 2. The van der Waals surface area contributed by atoms with Gasteiger partial charge in [-0.05, 0) is 98.0 Å². The van der Waals surface area contributed by atoms with Gasteiger partial charge in [0.05, 0.1) is 31.8 Å². The Kier molecular flexibility index (Phi) is 14.2. The number of aldehydes is 1. The largest absolute Gasteiger partial charge is 0.497 e. The minimum absolute atomic E-state index is 0.0666. The van der Waals surface area contributed by atoms with Crippen LogP contribution in [-0.2, 0) is 20.8 Å². The molecule has 304 valence electrons. The maximum Gasteiger partial charge on any atom is 0.239 e. The van der Waals surface area contributed by atoms with E-state index in [1.807, 2.05) is 55.5 Å². The lowest BCUT2D eigenvalue weighted by atomic mass is 9.55. The third-order valence-corrected chi connectivity index (χ3v) is 11.5.